The summed E-state index contributed by atoms with van der Waals surface area (Å²) in [6.45, 7) is 1.70. The Kier molecular flexibility index (Phi) is 3.91. The molecule has 0 saturated heterocycles. The molecular formula is C11H13F2NO. The number of hydrogen-bond acceptors (Lipinski definition) is 2. The molecule has 1 aromatic rings. The zero-order valence-corrected chi connectivity index (χ0v) is 8.68. The van der Waals surface area contributed by atoms with Crippen molar-refractivity contribution in [2.75, 3.05) is 7.05 Å². The maximum atomic E-state index is 13.2. The second kappa shape index (κ2) is 4.98. The molecule has 0 radical (unpaired) electrons. The predicted molar refractivity (Wildman–Crippen MR) is 53.6 cm³/mol. The minimum Gasteiger partial charge on any atom is -0.311 e. The van der Waals surface area contributed by atoms with Crippen LogP contribution in [0.4, 0.5) is 8.78 Å². The maximum Gasteiger partial charge on any atom is 0.153 e. The van der Waals surface area contributed by atoms with Gasteiger partial charge in [0.15, 0.2) is 5.78 Å². The van der Waals surface area contributed by atoms with Crippen LogP contribution in [-0.2, 0) is 11.2 Å². The zero-order chi connectivity index (χ0) is 11.4. The van der Waals surface area contributed by atoms with Crippen LogP contribution in [0.25, 0.3) is 0 Å². The van der Waals surface area contributed by atoms with Gasteiger partial charge in [-0.3, -0.25) is 4.79 Å². The topological polar surface area (TPSA) is 29.1 Å². The van der Waals surface area contributed by atoms with Crippen LogP contribution in [0.2, 0.25) is 0 Å². The molecule has 1 unspecified atom stereocenters. The van der Waals surface area contributed by atoms with E-state index in [1.165, 1.54) is 6.07 Å². The number of hydrogen-bond donors (Lipinski definition) is 1. The predicted octanol–water partition coefficient (Wildman–Crippen LogP) is 1.68. The second-order valence-electron chi connectivity index (χ2n) is 3.39. The SMILES string of the molecule is CNC(C)C(=O)Cc1ccc(F)cc1F. The summed E-state index contributed by atoms with van der Waals surface area (Å²) in [6, 6.07) is 2.90. The fourth-order valence-electron chi connectivity index (χ4n) is 1.17. The van der Waals surface area contributed by atoms with Gasteiger partial charge in [0.05, 0.1) is 6.04 Å². The molecule has 0 aliphatic rings. The normalized spacial score (nSPS) is 12.5. The van der Waals surface area contributed by atoms with Crippen molar-refractivity contribution in [3.05, 3.63) is 35.4 Å². The molecule has 0 heterocycles. The Labute approximate surface area is 87.3 Å². The van der Waals surface area contributed by atoms with Crippen molar-refractivity contribution in [3.8, 4) is 0 Å². The molecule has 0 amide bonds. The van der Waals surface area contributed by atoms with Gasteiger partial charge in [-0.15, -0.1) is 0 Å². The van der Waals surface area contributed by atoms with Gasteiger partial charge >= 0.3 is 0 Å². The van der Waals surface area contributed by atoms with Crippen molar-refractivity contribution in [3.63, 3.8) is 0 Å². The van der Waals surface area contributed by atoms with Gasteiger partial charge in [-0.2, -0.15) is 0 Å². The fourth-order valence-corrected chi connectivity index (χ4v) is 1.17. The lowest BCUT2D eigenvalue weighted by Gasteiger charge is -2.09. The highest BCUT2D eigenvalue weighted by molar-refractivity contribution is 5.85. The highest BCUT2D eigenvalue weighted by atomic mass is 19.1. The van der Waals surface area contributed by atoms with Crippen LogP contribution in [0.3, 0.4) is 0 Å². The standard InChI is InChI=1S/C11H13F2NO/c1-7(14-2)11(15)5-8-3-4-9(12)6-10(8)13/h3-4,6-7,14H,5H2,1-2H3. The lowest BCUT2D eigenvalue weighted by molar-refractivity contribution is -0.119. The number of halogens is 2. The Balaban J connectivity index is 2.77. The molecule has 4 heteroatoms. The van der Waals surface area contributed by atoms with E-state index in [0.29, 0.717) is 0 Å². The fraction of sp³-hybridized carbons (Fsp3) is 0.364. The number of benzene rings is 1. The van der Waals surface area contributed by atoms with Gasteiger partial charge in [0.2, 0.25) is 0 Å². The molecule has 0 bridgehead atoms. The van der Waals surface area contributed by atoms with Gasteiger partial charge in [0.1, 0.15) is 11.6 Å². The average molecular weight is 213 g/mol. The minimum atomic E-state index is -0.674. The van der Waals surface area contributed by atoms with E-state index in [1.54, 1.807) is 14.0 Å². The summed E-state index contributed by atoms with van der Waals surface area (Å²) in [5.74, 6) is -1.43. The van der Waals surface area contributed by atoms with Gasteiger partial charge in [0, 0.05) is 12.5 Å². The molecule has 0 fully saturated rings. The second-order valence-corrected chi connectivity index (χ2v) is 3.39. The van der Waals surface area contributed by atoms with Crippen molar-refractivity contribution >= 4 is 5.78 Å². The molecule has 0 aromatic heterocycles. The number of rotatable bonds is 4. The molecule has 2 nitrogen and oxygen atoms in total. The summed E-state index contributed by atoms with van der Waals surface area (Å²) in [7, 11) is 1.66. The van der Waals surface area contributed by atoms with Crippen molar-refractivity contribution in [1.82, 2.24) is 5.32 Å². The quantitative estimate of drug-likeness (QED) is 0.824. The van der Waals surface area contributed by atoms with Crippen LogP contribution in [0.15, 0.2) is 18.2 Å². The van der Waals surface area contributed by atoms with Crippen molar-refractivity contribution in [2.45, 2.75) is 19.4 Å². The van der Waals surface area contributed by atoms with Crippen molar-refractivity contribution in [2.24, 2.45) is 0 Å². The van der Waals surface area contributed by atoms with Crippen molar-refractivity contribution < 1.29 is 13.6 Å². The Morgan fingerprint density at radius 3 is 2.67 bits per heavy atom. The van der Waals surface area contributed by atoms with E-state index in [2.05, 4.69) is 5.32 Å². The van der Waals surface area contributed by atoms with E-state index in [1.807, 2.05) is 0 Å². The smallest absolute Gasteiger partial charge is 0.153 e. The molecule has 0 aliphatic carbocycles. The summed E-state index contributed by atoms with van der Waals surface area (Å²) in [6.07, 6.45) is -0.0197. The van der Waals surface area contributed by atoms with Gasteiger partial charge in [-0.05, 0) is 25.6 Å². The van der Waals surface area contributed by atoms with Crippen LogP contribution in [0.5, 0.6) is 0 Å². The summed E-state index contributed by atoms with van der Waals surface area (Å²) >= 11 is 0. The largest absolute Gasteiger partial charge is 0.311 e. The Morgan fingerprint density at radius 2 is 2.13 bits per heavy atom. The molecule has 0 aliphatic heterocycles. The first-order valence-corrected chi connectivity index (χ1v) is 4.68. The molecule has 0 spiro atoms. The van der Waals surface area contributed by atoms with E-state index in [-0.39, 0.29) is 23.8 Å². The maximum absolute atomic E-state index is 13.2. The van der Waals surface area contributed by atoms with Crippen LogP contribution in [0, 0.1) is 11.6 Å². The van der Waals surface area contributed by atoms with Gasteiger partial charge in [-0.25, -0.2) is 8.78 Å². The third-order valence-corrected chi connectivity index (χ3v) is 2.30. The molecule has 1 atom stereocenters. The molecule has 1 aromatic carbocycles. The third kappa shape index (κ3) is 3.09. The highest BCUT2D eigenvalue weighted by Crippen LogP contribution is 2.11. The number of nitrogens with one attached hydrogen (secondary N) is 1. The molecular weight excluding hydrogens is 200 g/mol. The zero-order valence-electron chi connectivity index (χ0n) is 8.68. The average Bonchev–Trinajstić information content (AvgIpc) is 2.20. The van der Waals surface area contributed by atoms with E-state index < -0.39 is 11.6 Å². The Morgan fingerprint density at radius 1 is 1.47 bits per heavy atom. The van der Waals surface area contributed by atoms with E-state index in [9.17, 15) is 13.6 Å². The van der Waals surface area contributed by atoms with Gasteiger partial charge in [0.25, 0.3) is 0 Å². The molecule has 15 heavy (non-hydrogen) atoms. The summed E-state index contributed by atoms with van der Waals surface area (Å²) in [4.78, 5) is 11.5. The molecule has 1 rings (SSSR count). The van der Waals surface area contributed by atoms with Crippen LogP contribution >= 0.6 is 0 Å². The number of carbonyl (C=O) groups excluding carboxylic acids is 1. The van der Waals surface area contributed by atoms with E-state index >= 15 is 0 Å². The van der Waals surface area contributed by atoms with Crippen LogP contribution in [0.1, 0.15) is 12.5 Å². The van der Waals surface area contributed by atoms with Gasteiger partial charge in [-0.1, -0.05) is 6.07 Å². The first-order chi connectivity index (χ1) is 7.04. The summed E-state index contributed by atoms with van der Waals surface area (Å²) < 4.78 is 25.7. The summed E-state index contributed by atoms with van der Waals surface area (Å²) in [5.41, 5.74) is 0.225. The van der Waals surface area contributed by atoms with Gasteiger partial charge < -0.3 is 5.32 Å². The minimum absolute atomic E-state index is 0.0197. The lowest BCUT2D eigenvalue weighted by Crippen LogP contribution is -2.32. The molecule has 0 saturated carbocycles. The number of likely N-dealkylation sites (N-methyl/N-ethyl adjacent to an activating group) is 1. The Bertz CT molecular complexity index is 366. The van der Waals surface area contributed by atoms with E-state index in [4.69, 9.17) is 0 Å². The first-order valence-electron chi connectivity index (χ1n) is 4.68. The molecule has 82 valence electrons. The van der Waals surface area contributed by atoms with Crippen LogP contribution in [-0.4, -0.2) is 18.9 Å². The van der Waals surface area contributed by atoms with Crippen molar-refractivity contribution in [1.29, 1.82) is 0 Å². The van der Waals surface area contributed by atoms with Crippen LogP contribution < -0.4 is 5.32 Å². The number of carbonyl (C=O) groups is 1. The third-order valence-electron chi connectivity index (χ3n) is 2.30. The number of ketones is 1. The Hall–Kier alpha value is -1.29. The highest BCUT2D eigenvalue weighted by Gasteiger charge is 2.13. The molecule has 1 N–H and O–H groups in total. The monoisotopic (exact) mass is 213 g/mol. The summed E-state index contributed by atoms with van der Waals surface area (Å²) in [5, 5.41) is 2.77. The first kappa shape index (κ1) is 11.8. The number of Topliss-reactive ketones (excluding diaryl/α,β-unsaturated/α-hetero) is 1. The lowest BCUT2D eigenvalue weighted by atomic mass is 10.0. The van der Waals surface area contributed by atoms with E-state index in [0.717, 1.165) is 12.1 Å².